The molecule has 2 amide bonds. The van der Waals surface area contributed by atoms with Crippen LogP contribution in [-0.2, 0) is 20.8 Å². The molecule has 144 valence electrons. The fourth-order valence-electron chi connectivity index (χ4n) is 3.02. The van der Waals surface area contributed by atoms with E-state index in [2.05, 4.69) is 5.32 Å². The Labute approximate surface area is 155 Å². The molecule has 0 heterocycles. The summed E-state index contributed by atoms with van der Waals surface area (Å²) in [7, 11) is 1.55. The minimum absolute atomic E-state index is 0.0533. The van der Waals surface area contributed by atoms with Crippen molar-refractivity contribution in [1.82, 2.24) is 10.4 Å². The van der Waals surface area contributed by atoms with Crippen LogP contribution in [0.5, 0.6) is 0 Å². The molecule has 1 rings (SSSR count). The van der Waals surface area contributed by atoms with Gasteiger partial charge in [0.25, 0.3) is 0 Å². The average molecular weight is 362 g/mol. The van der Waals surface area contributed by atoms with Crippen molar-refractivity contribution >= 4 is 18.1 Å². The molecule has 0 aromatic heterocycles. The van der Waals surface area contributed by atoms with Crippen molar-refractivity contribution in [1.29, 1.82) is 0 Å². The zero-order valence-corrected chi connectivity index (χ0v) is 16.2. The molecule has 0 saturated carbocycles. The predicted molar refractivity (Wildman–Crippen MR) is 99.4 cm³/mol. The minimum atomic E-state index is -0.689. The van der Waals surface area contributed by atoms with E-state index < -0.39 is 17.9 Å². The molecule has 26 heavy (non-hydrogen) atoms. The van der Waals surface area contributed by atoms with Crippen molar-refractivity contribution in [2.75, 3.05) is 7.05 Å². The maximum Gasteiger partial charge on any atom is 0.233 e. The Bertz CT molecular complexity index is 610. The molecule has 0 unspecified atom stereocenters. The first-order valence-electron chi connectivity index (χ1n) is 8.82. The summed E-state index contributed by atoms with van der Waals surface area (Å²) in [5.41, 5.74) is 0.545. The number of Topliss-reactive ketones (excluding diaryl/α,β-unsaturated/α-hetero) is 1. The number of hydrogen-bond acceptors (Lipinski definition) is 4. The number of carbonyl (C=O) groups excluding carboxylic acids is 3. The van der Waals surface area contributed by atoms with Gasteiger partial charge in [-0.15, -0.1) is 0 Å². The molecule has 0 radical (unpaired) electrons. The van der Waals surface area contributed by atoms with Crippen molar-refractivity contribution in [2.45, 2.75) is 46.6 Å². The second-order valence-electron chi connectivity index (χ2n) is 7.73. The van der Waals surface area contributed by atoms with Gasteiger partial charge in [-0.2, -0.15) is 0 Å². The number of benzene rings is 1. The van der Waals surface area contributed by atoms with E-state index in [4.69, 9.17) is 0 Å². The highest BCUT2D eigenvalue weighted by molar-refractivity contribution is 5.89. The molecule has 0 saturated heterocycles. The van der Waals surface area contributed by atoms with Crippen molar-refractivity contribution in [3.8, 4) is 0 Å². The van der Waals surface area contributed by atoms with Crippen molar-refractivity contribution in [2.24, 2.45) is 17.3 Å². The first-order chi connectivity index (χ1) is 12.1. The van der Waals surface area contributed by atoms with Gasteiger partial charge in [-0.3, -0.25) is 19.6 Å². The molecule has 0 bridgehead atoms. The van der Waals surface area contributed by atoms with Crippen LogP contribution in [0, 0.1) is 17.3 Å². The first kappa shape index (κ1) is 21.8. The highest BCUT2D eigenvalue weighted by Crippen LogP contribution is 2.31. The lowest BCUT2D eigenvalue weighted by atomic mass is 9.74. The molecule has 0 aliphatic rings. The molecule has 1 aromatic rings. The minimum Gasteiger partial charge on any atom is -0.359 e. The summed E-state index contributed by atoms with van der Waals surface area (Å²) in [5.74, 6) is -1.44. The molecule has 6 nitrogen and oxygen atoms in total. The second-order valence-corrected chi connectivity index (χ2v) is 7.73. The van der Waals surface area contributed by atoms with Gasteiger partial charge in [0.15, 0.2) is 0 Å². The standard InChI is InChI=1S/C20H30N2O4/c1-14(22(26)13-23)16(11-15-9-7-6-8-10-15)18(24)12-17(19(25)21-5)20(2,3)4/h6-10,13-14,16-17,26H,11-12H2,1-5H3,(H,21,25)/t14-,16+,17+/m0/s1. The first-order valence-corrected chi connectivity index (χ1v) is 8.82. The third kappa shape index (κ3) is 5.95. The van der Waals surface area contributed by atoms with E-state index in [0.717, 1.165) is 5.56 Å². The van der Waals surface area contributed by atoms with Crippen LogP contribution in [0.25, 0.3) is 0 Å². The van der Waals surface area contributed by atoms with Gasteiger partial charge in [0, 0.05) is 25.3 Å². The maximum atomic E-state index is 13.1. The number of hydroxylamine groups is 2. The van der Waals surface area contributed by atoms with Crippen LogP contribution < -0.4 is 5.32 Å². The highest BCUT2D eigenvalue weighted by atomic mass is 16.5. The molecule has 6 heteroatoms. The Hall–Kier alpha value is -2.21. The molecule has 0 aliphatic heterocycles. The monoisotopic (exact) mass is 362 g/mol. The molecule has 1 aromatic carbocycles. The van der Waals surface area contributed by atoms with Crippen LogP contribution in [0.4, 0.5) is 0 Å². The number of nitrogens with one attached hydrogen (secondary N) is 1. The zero-order valence-electron chi connectivity index (χ0n) is 16.2. The number of nitrogens with zero attached hydrogens (tertiary/aromatic N) is 1. The summed E-state index contributed by atoms with van der Waals surface area (Å²) in [5, 5.41) is 13.0. The van der Waals surface area contributed by atoms with Crippen molar-refractivity contribution < 1.29 is 19.6 Å². The number of carbonyl (C=O) groups is 3. The lowest BCUT2D eigenvalue weighted by Gasteiger charge is -2.32. The molecule has 0 aliphatic carbocycles. The topological polar surface area (TPSA) is 86.7 Å². The van der Waals surface area contributed by atoms with E-state index in [0.29, 0.717) is 17.9 Å². The summed E-state index contributed by atoms with van der Waals surface area (Å²) in [6.07, 6.45) is 0.740. The smallest absolute Gasteiger partial charge is 0.233 e. The second kappa shape index (κ2) is 9.48. The van der Waals surface area contributed by atoms with E-state index in [9.17, 15) is 19.6 Å². The van der Waals surface area contributed by atoms with E-state index >= 15 is 0 Å². The summed E-state index contributed by atoms with van der Waals surface area (Å²) < 4.78 is 0. The van der Waals surface area contributed by atoms with Crippen LogP contribution in [0.3, 0.4) is 0 Å². The van der Waals surface area contributed by atoms with E-state index in [1.54, 1.807) is 14.0 Å². The SMILES string of the molecule is CNC(=O)[C@@H](CC(=O)[C@H](Cc1ccccc1)[C@H](C)N(O)C=O)C(C)(C)C. The Balaban J connectivity index is 3.09. The van der Waals surface area contributed by atoms with Gasteiger partial charge in [-0.25, -0.2) is 5.06 Å². The fraction of sp³-hybridized carbons (Fsp3) is 0.550. The number of hydrogen-bond donors (Lipinski definition) is 2. The lowest BCUT2D eigenvalue weighted by molar-refractivity contribution is -0.165. The van der Waals surface area contributed by atoms with E-state index in [-0.39, 0.29) is 23.5 Å². The zero-order chi connectivity index (χ0) is 19.9. The summed E-state index contributed by atoms with van der Waals surface area (Å²) in [6, 6.07) is 8.74. The van der Waals surface area contributed by atoms with Gasteiger partial charge in [0.2, 0.25) is 12.3 Å². The molecule has 3 atom stereocenters. The van der Waals surface area contributed by atoms with Crippen LogP contribution >= 0.6 is 0 Å². The Morgan fingerprint density at radius 1 is 1.23 bits per heavy atom. The lowest BCUT2D eigenvalue weighted by Crippen LogP contribution is -2.43. The van der Waals surface area contributed by atoms with Gasteiger partial charge in [0.05, 0.1) is 6.04 Å². The number of ketones is 1. The third-order valence-electron chi connectivity index (χ3n) is 4.83. The van der Waals surface area contributed by atoms with Gasteiger partial charge in [0.1, 0.15) is 5.78 Å². The van der Waals surface area contributed by atoms with Gasteiger partial charge in [-0.1, -0.05) is 51.1 Å². The quantitative estimate of drug-likeness (QED) is 0.401. The van der Waals surface area contributed by atoms with Crippen molar-refractivity contribution in [3.05, 3.63) is 35.9 Å². The van der Waals surface area contributed by atoms with Crippen LogP contribution in [0.15, 0.2) is 30.3 Å². The average Bonchev–Trinajstić information content (AvgIpc) is 2.61. The Morgan fingerprint density at radius 3 is 2.27 bits per heavy atom. The fourth-order valence-corrected chi connectivity index (χ4v) is 3.02. The van der Waals surface area contributed by atoms with E-state index in [1.807, 2.05) is 51.1 Å². The molecule has 0 fully saturated rings. The molecular formula is C20H30N2O4. The van der Waals surface area contributed by atoms with Crippen LogP contribution in [0.2, 0.25) is 0 Å². The van der Waals surface area contributed by atoms with Gasteiger partial charge in [-0.05, 0) is 24.3 Å². The van der Waals surface area contributed by atoms with Crippen LogP contribution in [0.1, 0.15) is 39.7 Å². The molecule has 2 N–H and O–H groups in total. The maximum absolute atomic E-state index is 13.1. The largest absolute Gasteiger partial charge is 0.359 e. The Kier molecular flexibility index (Phi) is 7.96. The molecular weight excluding hydrogens is 332 g/mol. The summed E-state index contributed by atoms with van der Waals surface area (Å²) >= 11 is 0. The number of amides is 2. The van der Waals surface area contributed by atoms with Crippen LogP contribution in [-0.4, -0.2) is 41.5 Å². The summed E-state index contributed by atoms with van der Waals surface area (Å²) in [6.45, 7) is 7.38. The predicted octanol–water partition coefficient (Wildman–Crippen LogP) is 2.45. The highest BCUT2D eigenvalue weighted by Gasteiger charge is 2.37. The van der Waals surface area contributed by atoms with E-state index in [1.165, 1.54) is 0 Å². The van der Waals surface area contributed by atoms with Gasteiger partial charge >= 0.3 is 0 Å². The van der Waals surface area contributed by atoms with Crippen molar-refractivity contribution in [3.63, 3.8) is 0 Å². The molecule has 0 spiro atoms. The Morgan fingerprint density at radius 2 is 1.81 bits per heavy atom. The third-order valence-corrected chi connectivity index (χ3v) is 4.83. The normalized spacial score (nSPS) is 14.8. The summed E-state index contributed by atoms with van der Waals surface area (Å²) in [4.78, 5) is 36.3. The number of rotatable bonds is 9. The van der Waals surface area contributed by atoms with Gasteiger partial charge < -0.3 is 5.32 Å².